The van der Waals surface area contributed by atoms with E-state index in [1.807, 2.05) is 48.0 Å². The second kappa shape index (κ2) is 20.5. The molecule has 3 rings (SSSR count). The van der Waals surface area contributed by atoms with Crippen LogP contribution in [0.4, 0.5) is 5.69 Å². The van der Waals surface area contributed by atoms with E-state index in [2.05, 4.69) is 28.4 Å². The summed E-state index contributed by atoms with van der Waals surface area (Å²) in [7, 11) is 1.65. The highest BCUT2D eigenvalue weighted by molar-refractivity contribution is 7.07. The molecular formula is C33H47BrN2O3S. The van der Waals surface area contributed by atoms with Gasteiger partial charge >= 0.3 is 0 Å². The predicted octanol–water partition coefficient (Wildman–Crippen LogP) is 5.36. The predicted molar refractivity (Wildman–Crippen MR) is 162 cm³/mol. The van der Waals surface area contributed by atoms with Gasteiger partial charge in [0.05, 0.1) is 31.2 Å². The van der Waals surface area contributed by atoms with Gasteiger partial charge in [-0.15, -0.1) is 0 Å². The smallest absolute Gasteiger partial charge is 0.228 e. The van der Waals surface area contributed by atoms with Crippen LogP contribution >= 0.6 is 11.3 Å². The molecule has 1 heterocycles. The maximum absolute atomic E-state index is 13.0. The zero-order chi connectivity index (χ0) is 27.5. The Balaban J connectivity index is 0.00000560. The van der Waals surface area contributed by atoms with Crippen molar-refractivity contribution in [2.24, 2.45) is 0 Å². The van der Waals surface area contributed by atoms with Gasteiger partial charge in [0.15, 0.2) is 12.7 Å². The Morgan fingerprint density at radius 3 is 2.20 bits per heavy atom. The average Bonchev–Trinajstić information content (AvgIpc) is 3.46. The Kier molecular flexibility index (Phi) is 17.3. The van der Waals surface area contributed by atoms with E-state index in [-0.39, 0.29) is 29.3 Å². The summed E-state index contributed by atoms with van der Waals surface area (Å²) in [6, 6.07) is 13.7. The van der Waals surface area contributed by atoms with Gasteiger partial charge in [-0.1, -0.05) is 113 Å². The summed E-state index contributed by atoms with van der Waals surface area (Å²) in [5.74, 6) is 1.41. The Labute approximate surface area is 256 Å². The molecule has 1 amide bonds. The molecule has 0 atom stereocenters. The van der Waals surface area contributed by atoms with Gasteiger partial charge < -0.3 is 31.8 Å². The van der Waals surface area contributed by atoms with Crippen LogP contribution in [0.5, 0.6) is 11.5 Å². The van der Waals surface area contributed by atoms with Gasteiger partial charge in [-0.05, 0) is 18.6 Å². The second-order valence-electron chi connectivity index (χ2n) is 10.3. The van der Waals surface area contributed by atoms with Crippen LogP contribution in [-0.2, 0) is 17.8 Å². The summed E-state index contributed by atoms with van der Waals surface area (Å²) in [6.45, 7) is 3.64. The molecule has 0 aliphatic heterocycles. The van der Waals surface area contributed by atoms with E-state index in [1.165, 1.54) is 70.6 Å². The number of carbonyl (C=O) groups excluding carboxylic acids is 1. The number of amides is 1. The molecule has 0 saturated heterocycles. The third-order valence-corrected chi connectivity index (χ3v) is 7.72. The first-order valence-electron chi connectivity index (χ1n) is 14.8. The van der Waals surface area contributed by atoms with Crippen molar-refractivity contribution in [1.82, 2.24) is 0 Å². The molecule has 0 fully saturated rings. The van der Waals surface area contributed by atoms with Crippen LogP contribution in [0.3, 0.4) is 0 Å². The second-order valence-corrected chi connectivity index (χ2v) is 11.0. The van der Waals surface area contributed by atoms with E-state index in [1.54, 1.807) is 18.4 Å². The average molecular weight is 632 g/mol. The maximum Gasteiger partial charge on any atom is 0.228 e. The van der Waals surface area contributed by atoms with Crippen molar-refractivity contribution in [3.8, 4) is 11.5 Å². The highest BCUT2D eigenvalue weighted by atomic mass is 79.9. The third kappa shape index (κ3) is 12.9. The minimum atomic E-state index is -0.0573. The van der Waals surface area contributed by atoms with Crippen LogP contribution < -0.4 is 36.3 Å². The lowest BCUT2D eigenvalue weighted by Gasteiger charge is -2.14. The van der Waals surface area contributed by atoms with Crippen molar-refractivity contribution >= 4 is 22.9 Å². The number of rotatable bonds is 20. The molecule has 0 saturated carbocycles. The van der Waals surface area contributed by atoms with Crippen LogP contribution in [0.2, 0.25) is 0 Å². The lowest BCUT2D eigenvalue weighted by atomic mass is 10.1. The van der Waals surface area contributed by atoms with Gasteiger partial charge in [-0.2, -0.15) is 4.57 Å². The standard InChI is InChI=1S/C33H46N2O3S.BrH/c1-3-4-5-6-7-8-9-10-11-12-13-16-22-38-32-25-30(37-2)20-19-28(32)24-33(36)34-31-18-15-14-17-29(31)26-35-21-23-39-27-35;/h14-15,17-21,23,25,27H,3-13,16,22,24,26H2,1-2H3;1H. The van der Waals surface area contributed by atoms with Gasteiger partial charge in [0.25, 0.3) is 0 Å². The van der Waals surface area contributed by atoms with Gasteiger partial charge in [-0.3, -0.25) is 4.79 Å². The Hall–Kier alpha value is -2.38. The molecule has 0 aliphatic rings. The van der Waals surface area contributed by atoms with Crippen molar-refractivity contribution in [2.75, 3.05) is 19.0 Å². The van der Waals surface area contributed by atoms with E-state index in [4.69, 9.17) is 9.47 Å². The number of ether oxygens (including phenoxy) is 2. The fourth-order valence-corrected chi connectivity index (χ4v) is 5.36. The number of hydrogen-bond acceptors (Lipinski definition) is 4. The Morgan fingerprint density at radius 1 is 0.875 bits per heavy atom. The first-order chi connectivity index (χ1) is 19.2. The van der Waals surface area contributed by atoms with Crippen LogP contribution in [0.1, 0.15) is 95.1 Å². The monoisotopic (exact) mass is 630 g/mol. The molecule has 40 heavy (non-hydrogen) atoms. The summed E-state index contributed by atoms with van der Waals surface area (Å²) >= 11 is 1.65. The number of anilines is 1. The number of methoxy groups -OCH3 is 1. The summed E-state index contributed by atoms with van der Waals surface area (Å²) in [4.78, 5) is 13.0. The molecule has 0 aliphatic carbocycles. The highest BCUT2D eigenvalue weighted by Gasteiger charge is 2.14. The number of carbonyl (C=O) groups is 1. The molecule has 220 valence electrons. The Bertz CT molecular complexity index is 1090. The first kappa shape index (κ1) is 33.8. The molecule has 5 nitrogen and oxygen atoms in total. The number of unbranched alkanes of at least 4 members (excludes halogenated alkanes) is 11. The summed E-state index contributed by atoms with van der Waals surface area (Å²) in [5, 5.41) is 5.15. The van der Waals surface area contributed by atoms with Crippen molar-refractivity contribution in [3.63, 3.8) is 0 Å². The number of para-hydroxylation sites is 1. The number of nitrogens with zero attached hydrogens (tertiary/aromatic N) is 1. The number of nitrogens with one attached hydrogen (secondary N) is 1. The fourth-order valence-electron chi connectivity index (χ4n) is 4.76. The fraction of sp³-hybridized carbons (Fsp3) is 0.515. The van der Waals surface area contributed by atoms with Crippen molar-refractivity contribution in [3.05, 3.63) is 70.7 Å². The zero-order valence-electron chi connectivity index (χ0n) is 24.3. The quantitative estimate of drug-likeness (QED) is 0.135. The number of benzene rings is 2. The SMILES string of the molecule is CCCCCCCCCCCCCCOc1cc(OC)ccc1CC(=O)Nc1ccccc1C[n+]1ccsc1.[Br-]. The van der Waals surface area contributed by atoms with E-state index < -0.39 is 0 Å². The van der Waals surface area contributed by atoms with Crippen molar-refractivity contribution in [1.29, 1.82) is 0 Å². The normalized spacial score (nSPS) is 10.7. The largest absolute Gasteiger partial charge is 1.00 e. The van der Waals surface area contributed by atoms with Crippen molar-refractivity contribution < 1.29 is 35.8 Å². The number of aromatic nitrogens is 1. The molecule has 1 N–H and O–H groups in total. The van der Waals surface area contributed by atoms with Crippen LogP contribution in [0.25, 0.3) is 0 Å². The number of thiazole rings is 1. The highest BCUT2D eigenvalue weighted by Crippen LogP contribution is 2.26. The molecule has 0 radical (unpaired) electrons. The molecule has 0 spiro atoms. The van der Waals surface area contributed by atoms with E-state index in [0.717, 1.165) is 41.3 Å². The van der Waals surface area contributed by atoms with E-state index >= 15 is 0 Å². The molecular weight excluding hydrogens is 584 g/mol. The molecule has 0 bridgehead atoms. The molecule has 3 aromatic rings. The van der Waals surface area contributed by atoms with E-state index in [9.17, 15) is 4.79 Å². The lowest BCUT2D eigenvalue weighted by Crippen LogP contribution is -3.00. The summed E-state index contributed by atoms with van der Waals surface area (Å²) < 4.78 is 13.7. The maximum atomic E-state index is 13.0. The minimum Gasteiger partial charge on any atom is -1.00 e. The van der Waals surface area contributed by atoms with Gasteiger partial charge in [0, 0.05) is 17.2 Å². The zero-order valence-corrected chi connectivity index (χ0v) is 26.7. The van der Waals surface area contributed by atoms with Gasteiger partial charge in [0.1, 0.15) is 11.5 Å². The van der Waals surface area contributed by atoms with Crippen LogP contribution in [-0.4, -0.2) is 19.6 Å². The molecule has 7 heteroatoms. The minimum absolute atomic E-state index is 0. The van der Waals surface area contributed by atoms with E-state index in [0.29, 0.717) is 6.61 Å². The number of hydrogen-bond donors (Lipinski definition) is 1. The van der Waals surface area contributed by atoms with Crippen molar-refractivity contribution in [2.45, 2.75) is 96.9 Å². The van der Waals surface area contributed by atoms with Crippen LogP contribution in [0, 0.1) is 0 Å². The van der Waals surface area contributed by atoms with Crippen LogP contribution in [0.15, 0.2) is 59.6 Å². The lowest BCUT2D eigenvalue weighted by molar-refractivity contribution is -0.683. The topological polar surface area (TPSA) is 51.4 Å². The first-order valence-corrected chi connectivity index (χ1v) is 15.7. The third-order valence-electron chi connectivity index (χ3n) is 7.05. The summed E-state index contributed by atoms with van der Waals surface area (Å²) in [5.41, 5.74) is 4.86. The Morgan fingerprint density at radius 2 is 1.55 bits per heavy atom. The molecule has 1 aromatic heterocycles. The van der Waals surface area contributed by atoms with Gasteiger partial charge in [0.2, 0.25) is 11.4 Å². The summed E-state index contributed by atoms with van der Waals surface area (Å²) in [6.07, 6.45) is 18.1. The molecule has 0 unspecified atom stereocenters. The number of halogens is 1. The van der Waals surface area contributed by atoms with Gasteiger partial charge in [-0.25, -0.2) is 0 Å². The molecule has 2 aromatic carbocycles.